The molecule has 7 heteroatoms. The van der Waals surface area contributed by atoms with Crippen LogP contribution < -0.4 is 5.32 Å². The molecule has 31 heavy (non-hydrogen) atoms. The van der Waals surface area contributed by atoms with Crippen LogP contribution in [-0.4, -0.2) is 29.3 Å². The second-order valence-corrected chi connectivity index (χ2v) is 6.90. The molecule has 2 heterocycles. The number of ether oxygens (including phenoxy) is 1. The maximum atomic E-state index is 12.6. The minimum Gasteiger partial charge on any atom is -0.459 e. The van der Waals surface area contributed by atoms with Crippen LogP contribution in [0.25, 0.3) is 10.9 Å². The largest absolute Gasteiger partial charge is 0.459 e. The number of amides is 1. The molecule has 2 aromatic carbocycles. The van der Waals surface area contributed by atoms with Gasteiger partial charge < -0.3 is 19.5 Å². The third kappa shape index (κ3) is 4.25. The first kappa shape index (κ1) is 20.2. The second-order valence-electron chi connectivity index (χ2n) is 6.90. The van der Waals surface area contributed by atoms with E-state index in [0.717, 1.165) is 22.9 Å². The molecule has 0 radical (unpaired) electrons. The van der Waals surface area contributed by atoms with Crippen LogP contribution in [0, 0.1) is 0 Å². The molecule has 0 spiro atoms. The van der Waals surface area contributed by atoms with Crippen molar-refractivity contribution in [3.63, 3.8) is 0 Å². The first-order valence-corrected chi connectivity index (χ1v) is 9.81. The van der Waals surface area contributed by atoms with Crippen LogP contribution in [0.4, 0.5) is 5.69 Å². The Morgan fingerprint density at radius 3 is 2.55 bits per heavy atom. The van der Waals surface area contributed by atoms with E-state index in [1.165, 1.54) is 18.4 Å². The van der Waals surface area contributed by atoms with Gasteiger partial charge in [-0.05, 0) is 48.4 Å². The lowest BCUT2D eigenvalue weighted by Crippen LogP contribution is -2.14. The van der Waals surface area contributed by atoms with Gasteiger partial charge in [0.05, 0.1) is 11.8 Å². The van der Waals surface area contributed by atoms with E-state index in [2.05, 4.69) is 10.3 Å². The Bertz CT molecular complexity index is 1240. The first-order chi connectivity index (χ1) is 15.1. The van der Waals surface area contributed by atoms with E-state index in [1.54, 1.807) is 30.5 Å². The number of H-pyrrole nitrogens is 1. The number of benzene rings is 2. The maximum absolute atomic E-state index is 12.6. The molecule has 0 aliphatic heterocycles. The molecule has 156 valence electrons. The number of esters is 1. The zero-order chi connectivity index (χ0) is 21.8. The van der Waals surface area contributed by atoms with Gasteiger partial charge in [-0.3, -0.25) is 9.59 Å². The Morgan fingerprint density at radius 1 is 1.03 bits per heavy atom. The predicted molar refractivity (Wildman–Crippen MR) is 115 cm³/mol. The van der Waals surface area contributed by atoms with Crippen molar-refractivity contribution in [1.82, 2.24) is 4.98 Å². The Balaban J connectivity index is 1.37. The Hall–Kier alpha value is -4.13. The topological polar surface area (TPSA) is 101 Å². The summed E-state index contributed by atoms with van der Waals surface area (Å²) in [4.78, 5) is 40.0. The number of carbonyl (C=O) groups excluding carboxylic acids is 3. The summed E-state index contributed by atoms with van der Waals surface area (Å²) in [5, 5.41) is 3.48. The number of hydrogen-bond donors (Lipinski definition) is 2. The molecule has 0 aliphatic rings. The molecule has 4 aromatic rings. The lowest BCUT2D eigenvalue weighted by Gasteiger charge is -2.06. The zero-order valence-corrected chi connectivity index (χ0v) is 16.8. The number of aromatic nitrogens is 1. The van der Waals surface area contributed by atoms with Gasteiger partial charge in [0.25, 0.3) is 5.91 Å². The minimum absolute atomic E-state index is 0.185. The normalized spacial score (nSPS) is 10.7. The molecule has 0 bridgehead atoms. The number of anilines is 1. The average Bonchev–Trinajstić information content (AvgIpc) is 3.48. The highest BCUT2D eigenvalue weighted by molar-refractivity contribution is 6.09. The molecule has 0 fully saturated rings. The van der Waals surface area contributed by atoms with Crippen LogP contribution in [0.5, 0.6) is 0 Å². The van der Waals surface area contributed by atoms with Gasteiger partial charge >= 0.3 is 5.97 Å². The van der Waals surface area contributed by atoms with E-state index in [9.17, 15) is 14.4 Å². The maximum Gasteiger partial charge on any atom is 0.338 e. The van der Waals surface area contributed by atoms with Crippen molar-refractivity contribution in [3.05, 3.63) is 89.5 Å². The molecule has 4 rings (SSSR count). The molecule has 7 nitrogen and oxygen atoms in total. The molecule has 0 aliphatic carbocycles. The number of hydrogen-bond acceptors (Lipinski definition) is 5. The molecule has 0 atom stereocenters. The summed E-state index contributed by atoms with van der Waals surface area (Å²) in [5.74, 6) is -1.11. The van der Waals surface area contributed by atoms with Gasteiger partial charge in [-0.15, -0.1) is 0 Å². The second kappa shape index (κ2) is 8.71. The number of ketones is 1. The number of furan rings is 1. The Kier molecular flexibility index (Phi) is 5.66. The van der Waals surface area contributed by atoms with E-state index in [4.69, 9.17) is 9.15 Å². The number of aromatic amines is 1. The summed E-state index contributed by atoms with van der Waals surface area (Å²) in [6, 6.07) is 15.1. The summed E-state index contributed by atoms with van der Waals surface area (Å²) in [6.07, 6.45) is 3.91. The van der Waals surface area contributed by atoms with E-state index >= 15 is 0 Å². The third-order valence-corrected chi connectivity index (χ3v) is 4.94. The highest BCUT2D eigenvalue weighted by atomic mass is 16.5. The van der Waals surface area contributed by atoms with Crippen molar-refractivity contribution in [2.75, 3.05) is 11.9 Å². The molecule has 0 saturated carbocycles. The van der Waals surface area contributed by atoms with Crippen molar-refractivity contribution in [2.45, 2.75) is 13.3 Å². The fourth-order valence-corrected chi connectivity index (χ4v) is 3.32. The van der Waals surface area contributed by atoms with Gasteiger partial charge in [0.1, 0.15) is 0 Å². The summed E-state index contributed by atoms with van der Waals surface area (Å²) in [7, 11) is 0. The molecule has 0 saturated heterocycles. The Labute approximate surface area is 178 Å². The van der Waals surface area contributed by atoms with Crippen molar-refractivity contribution in [3.8, 4) is 0 Å². The van der Waals surface area contributed by atoms with Gasteiger partial charge in [0.15, 0.2) is 12.4 Å². The number of rotatable bonds is 7. The zero-order valence-electron chi connectivity index (χ0n) is 16.8. The number of para-hydroxylation sites is 1. The van der Waals surface area contributed by atoms with E-state index in [1.807, 2.05) is 25.1 Å². The van der Waals surface area contributed by atoms with Crippen LogP contribution in [0.1, 0.15) is 43.8 Å². The molecule has 0 unspecified atom stereocenters. The summed E-state index contributed by atoms with van der Waals surface area (Å²) < 4.78 is 10.2. The van der Waals surface area contributed by atoms with Gasteiger partial charge in [0.2, 0.25) is 5.78 Å². The lowest BCUT2D eigenvalue weighted by atomic mass is 10.1. The lowest BCUT2D eigenvalue weighted by molar-refractivity contribution is 0.0475. The quantitative estimate of drug-likeness (QED) is 0.338. The van der Waals surface area contributed by atoms with Crippen molar-refractivity contribution in [2.24, 2.45) is 0 Å². The number of aryl methyl sites for hydroxylation is 1. The number of nitrogens with one attached hydrogen (secondary N) is 2. The van der Waals surface area contributed by atoms with Crippen molar-refractivity contribution in [1.29, 1.82) is 0 Å². The van der Waals surface area contributed by atoms with Gasteiger partial charge in [-0.25, -0.2) is 4.79 Å². The Morgan fingerprint density at radius 2 is 1.84 bits per heavy atom. The summed E-state index contributed by atoms with van der Waals surface area (Å²) in [6.45, 7) is 1.69. The van der Waals surface area contributed by atoms with Crippen LogP contribution in [-0.2, 0) is 11.2 Å². The fourth-order valence-electron chi connectivity index (χ4n) is 3.32. The molecule has 2 aromatic heterocycles. The standard InChI is InChI=1S/C24H20N2O5/c1-2-15-5-3-6-18-19(13-25-22(15)18)20(27)14-31-24(29)16-8-10-17(11-9-16)26-23(28)21-7-4-12-30-21/h3-13,25H,2,14H2,1H3,(H,26,28). The first-order valence-electron chi connectivity index (χ1n) is 9.81. The molecule has 1 amide bonds. The highest BCUT2D eigenvalue weighted by Crippen LogP contribution is 2.23. The van der Waals surface area contributed by atoms with Crippen molar-refractivity contribution < 1.29 is 23.5 Å². The summed E-state index contributed by atoms with van der Waals surface area (Å²) in [5.41, 5.74) is 3.31. The van der Waals surface area contributed by atoms with E-state index in [-0.39, 0.29) is 23.7 Å². The van der Waals surface area contributed by atoms with Crippen molar-refractivity contribution >= 4 is 34.3 Å². The molecular formula is C24H20N2O5. The number of Topliss-reactive ketones (excluding diaryl/α,β-unsaturated/α-hetero) is 1. The van der Waals surface area contributed by atoms with Gasteiger partial charge in [-0.2, -0.15) is 0 Å². The SMILES string of the molecule is CCc1cccc2c(C(=O)COC(=O)c3ccc(NC(=O)c4ccco4)cc3)c[nH]c12. The third-order valence-electron chi connectivity index (χ3n) is 4.94. The van der Waals surface area contributed by atoms with E-state index < -0.39 is 11.9 Å². The van der Waals surface area contributed by atoms with Gasteiger partial charge in [-0.1, -0.05) is 25.1 Å². The molecule has 2 N–H and O–H groups in total. The monoisotopic (exact) mass is 416 g/mol. The predicted octanol–water partition coefficient (Wildman–Crippen LogP) is 4.62. The van der Waals surface area contributed by atoms with Crippen LogP contribution in [0.15, 0.2) is 71.5 Å². The van der Waals surface area contributed by atoms with Crippen LogP contribution in [0.2, 0.25) is 0 Å². The molecular weight excluding hydrogens is 396 g/mol. The van der Waals surface area contributed by atoms with Crippen LogP contribution in [0.3, 0.4) is 0 Å². The summed E-state index contributed by atoms with van der Waals surface area (Å²) >= 11 is 0. The fraction of sp³-hybridized carbons (Fsp3) is 0.125. The number of fused-ring (bicyclic) bond motifs is 1. The smallest absolute Gasteiger partial charge is 0.338 e. The average molecular weight is 416 g/mol. The minimum atomic E-state index is -0.619. The number of carbonyl (C=O) groups is 3. The van der Waals surface area contributed by atoms with E-state index in [0.29, 0.717) is 11.3 Å². The van der Waals surface area contributed by atoms with Gasteiger partial charge in [0, 0.05) is 28.4 Å². The van der Waals surface area contributed by atoms with Crippen LogP contribution >= 0.6 is 0 Å². The highest BCUT2D eigenvalue weighted by Gasteiger charge is 2.16.